The average molecular weight is 216 g/mol. The van der Waals surface area contributed by atoms with Crippen LogP contribution in [0.15, 0.2) is 18.3 Å². The number of pyridine rings is 1. The molecule has 1 atom stereocenters. The lowest BCUT2D eigenvalue weighted by molar-refractivity contribution is 0.0929. The number of nitrogens with one attached hydrogen (secondary N) is 2. The molecule has 1 fully saturated rings. The van der Waals surface area contributed by atoms with Gasteiger partial charge in [-0.3, -0.25) is 9.78 Å². The van der Waals surface area contributed by atoms with E-state index in [2.05, 4.69) is 15.6 Å². The summed E-state index contributed by atoms with van der Waals surface area (Å²) >= 11 is 0. The second kappa shape index (κ2) is 4.84. The number of hydrogen-bond donors (Lipinski definition) is 2. The van der Waals surface area contributed by atoms with Crippen molar-refractivity contribution in [1.82, 2.24) is 15.6 Å². The topological polar surface area (TPSA) is 77.8 Å². The number of aromatic nitrogens is 1. The van der Waals surface area contributed by atoms with Gasteiger partial charge in [-0.05, 0) is 12.1 Å². The molecule has 2 N–H and O–H groups in total. The normalized spacial score (nSPS) is 20.1. The largest absolute Gasteiger partial charge is 0.313 e. The van der Waals surface area contributed by atoms with Gasteiger partial charge >= 0.3 is 0 Å². The van der Waals surface area contributed by atoms with Crippen LogP contribution in [-0.2, 0) is 0 Å². The van der Waals surface area contributed by atoms with E-state index in [9.17, 15) is 4.79 Å². The van der Waals surface area contributed by atoms with E-state index in [1.54, 1.807) is 12.1 Å². The summed E-state index contributed by atoms with van der Waals surface area (Å²) in [5.74, 6) is -0.121. The summed E-state index contributed by atoms with van der Waals surface area (Å²) in [6, 6.07) is 4.96. The Hall–Kier alpha value is -1.77. The van der Waals surface area contributed by atoms with Crippen molar-refractivity contribution >= 4 is 5.78 Å². The molecule has 1 aromatic heterocycles. The molecule has 0 aromatic carbocycles. The molecule has 5 nitrogen and oxygen atoms in total. The maximum absolute atomic E-state index is 12.1. The lowest BCUT2D eigenvalue weighted by Gasteiger charge is -2.23. The number of nitrogens with zero attached hydrogens (tertiary/aromatic N) is 2. The minimum Gasteiger partial charge on any atom is -0.313 e. The molecule has 1 aliphatic rings. The number of Topliss-reactive ketones (excluding diaryl/α,β-unsaturated/α-hetero) is 1. The monoisotopic (exact) mass is 216 g/mol. The van der Waals surface area contributed by atoms with Gasteiger partial charge in [-0.2, -0.15) is 5.26 Å². The number of rotatable bonds is 2. The lowest BCUT2D eigenvalue weighted by atomic mass is 10.0. The molecule has 0 amide bonds. The molecule has 0 spiro atoms. The molecule has 2 heterocycles. The smallest absolute Gasteiger partial charge is 0.200 e. The minimum absolute atomic E-state index is 0.121. The Balaban J connectivity index is 2.23. The Kier molecular flexibility index (Phi) is 3.25. The van der Waals surface area contributed by atoms with Gasteiger partial charge in [0.15, 0.2) is 0 Å². The molecule has 1 aliphatic heterocycles. The van der Waals surface area contributed by atoms with E-state index >= 15 is 0 Å². The van der Waals surface area contributed by atoms with E-state index in [0.29, 0.717) is 12.1 Å². The van der Waals surface area contributed by atoms with Crippen molar-refractivity contribution in [2.24, 2.45) is 0 Å². The van der Waals surface area contributed by atoms with E-state index in [1.807, 2.05) is 6.07 Å². The Bertz CT molecular complexity index is 432. The summed E-state index contributed by atoms with van der Waals surface area (Å²) in [4.78, 5) is 16.0. The van der Waals surface area contributed by atoms with Crippen molar-refractivity contribution in [3.8, 4) is 6.07 Å². The fourth-order valence-electron chi connectivity index (χ4n) is 1.70. The van der Waals surface area contributed by atoms with Crippen LogP contribution in [-0.4, -0.2) is 36.4 Å². The zero-order valence-corrected chi connectivity index (χ0v) is 8.73. The molecule has 1 aromatic rings. The summed E-state index contributed by atoms with van der Waals surface area (Å²) in [6.07, 6.45) is 1.53. The molecule has 0 radical (unpaired) electrons. The number of hydrogen-bond acceptors (Lipinski definition) is 5. The van der Waals surface area contributed by atoms with Crippen LogP contribution in [0.2, 0.25) is 0 Å². The third kappa shape index (κ3) is 2.08. The third-order valence-corrected chi connectivity index (χ3v) is 2.52. The fraction of sp³-hybridized carbons (Fsp3) is 0.364. The second-order valence-corrected chi connectivity index (χ2v) is 3.59. The molecule has 1 unspecified atom stereocenters. The number of piperazine rings is 1. The Morgan fingerprint density at radius 3 is 3.12 bits per heavy atom. The standard InChI is InChI=1S/C11H12N4O/c12-6-8-2-1-3-15-10(8)11(16)9-7-13-4-5-14-9/h1-3,9,13-14H,4-5,7H2. The van der Waals surface area contributed by atoms with Gasteiger partial charge in [-0.15, -0.1) is 0 Å². The highest BCUT2D eigenvalue weighted by molar-refractivity contribution is 6.00. The molecule has 82 valence electrons. The highest BCUT2D eigenvalue weighted by Crippen LogP contribution is 2.07. The van der Waals surface area contributed by atoms with Crippen molar-refractivity contribution in [3.63, 3.8) is 0 Å². The zero-order valence-electron chi connectivity index (χ0n) is 8.73. The van der Waals surface area contributed by atoms with E-state index < -0.39 is 0 Å². The van der Waals surface area contributed by atoms with Gasteiger partial charge in [0, 0.05) is 25.8 Å². The predicted octanol–water partition coefficient (Wildman–Crippen LogP) is -0.303. The fourth-order valence-corrected chi connectivity index (χ4v) is 1.70. The molecule has 16 heavy (non-hydrogen) atoms. The van der Waals surface area contributed by atoms with E-state index in [0.717, 1.165) is 13.1 Å². The van der Waals surface area contributed by atoms with Gasteiger partial charge in [0.05, 0.1) is 11.6 Å². The summed E-state index contributed by atoms with van der Waals surface area (Å²) in [5.41, 5.74) is 0.589. The zero-order chi connectivity index (χ0) is 11.4. The Morgan fingerprint density at radius 1 is 1.56 bits per heavy atom. The summed E-state index contributed by atoms with van der Waals surface area (Å²) in [5, 5.41) is 15.1. The van der Waals surface area contributed by atoms with E-state index in [1.165, 1.54) is 6.20 Å². The number of carbonyl (C=O) groups excluding carboxylic acids is 1. The third-order valence-electron chi connectivity index (χ3n) is 2.52. The van der Waals surface area contributed by atoms with Crippen LogP contribution in [0.5, 0.6) is 0 Å². The van der Waals surface area contributed by atoms with Crippen LogP contribution in [0.4, 0.5) is 0 Å². The van der Waals surface area contributed by atoms with Crippen LogP contribution < -0.4 is 10.6 Å². The quantitative estimate of drug-likeness (QED) is 0.663. The molecule has 0 saturated carbocycles. The molecular weight excluding hydrogens is 204 g/mol. The number of nitriles is 1. The molecule has 5 heteroatoms. The van der Waals surface area contributed by atoms with Crippen molar-refractivity contribution in [2.45, 2.75) is 6.04 Å². The molecular formula is C11H12N4O. The van der Waals surface area contributed by atoms with Crippen LogP contribution in [0.25, 0.3) is 0 Å². The van der Waals surface area contributed by atoms with Gasteiger partial charge in [0.25, 0.3) is 0 Å². The van der Waals surface area contributed by atoms with Gasteiger partial charge in [-0.1, -0.05) is 0 Å². The summed E-state index contributed by atoms with van der Waals surface area (Å²) in [6.45, 7) is 2.20. The highest BCUT2D eigenvalue weighted by atomic mass is 16.1. The minimum atomic E-state index is -0.282. The molecule has 0 aliphatic carbocycles. The van der Waals surface area contributed by atoms with Crippen LogP contribution in [0.3, 0.4) is 0 Å². The SMILES string of the molecule is N#Cc1cccnc1C(=O)C1CNCCN1. The van der Waals surface area contributed by atoms with Gasteiger partial charge < -0.3 is 10.6 Å². The van der Waals surface area contributed by atoms with Crippen LogP contribution >= 0.6 is 0 Å². The van der Waals surface area contributed by atoms with E-state index in [-0.39, 0.29) is 17.5 Å². The van der Waals surface area contributed by atoms with Crippen molar-refractivity contribution in [2.75, 3.05) is 19.6 Å². The number of carbonyl (C=O) groups is 1. The first-order valence-electron chi connectivity index (χ1n) is 5.16. The summed E-state index contributed by atoms with van der Waals surface area (Å²) < 4.78 is 0. The maximum atomic E-state index is 12.1. The lowest BCUT2D eigenvalue weighted by Crippen LogP contribution is -2.52. The molecule has 0 bridgehead atoms. The van der Waals surface area contributed by atoms with Gasteiger partial charge in [0.2, 0.25) is 5.78 Å². The Labute approximate surface area is 93.5 Å². The molecule has 2 rings (SSSR count). The van der Waals surface area contributed by atoms with Crippen molar-refractivity contribution in [1.29, 1.82) is 5.26 Å². The summed E-state index contributed by atoms with van der Waals surface area (Å²) in [7, 11) is 0. The van der Waals surface area contributed by atoms with Crippen LogP contribution in [0.1, 0.15) is 16.1 Å². The van der Waals surface area contributed by atoms with Crippen LogP contribution in [0, 0.1) is 11.3 Å². The number of ketones is 1. The average Bonchev–Trinajstić information content (AvgIpc) is 2.39. The maximum Gasteiger partial charge on any atom is 0.200 e. The molecule has 1 saturated heterocycles. The van der Waals surface area contributed by atoms with Gasteiger partial charge in [-0.25, -0.2) is 0 Å². The first-order valence-corrected chi connectivity index (χ1v) is 5.16. The van der Waals surface area contributed by atoms with E-state index in [4.69, 9.17) is 5.26 Å². The Morgan fingerprint density at radius 2 is 2.44 bits per heavy atom. The first-order chi connectivity index (χ1) is 7.83. The van der Waals surface area contributed by atoms with Crippen molar-refractivity contribution in [3.05, 3.63) is 29.6 Å². The predicted molar refractivity (Wildman–Crippen MR) is 57.9 cm³/mol. The highest BCUT2D eigenvalue weighted by Gasteiger charge is 2.24. The second-order valence-electron chi connectivity index (χ2n) is 3.59. The first kappa shape index (κ1) is 10.7. The van der Waals surface area contributed by atoms with Gasteiger partial charge in [0.1, 0.15) is 11.8 Å². The van der Waals surface area contributed by atoms with Crippen molar-refractivity contribution < 1.29 is 4.79 Å².